The van der Waals surface area contributed by atoms with Crippen molar-refractivity contribution in [3.63, 3.8) is 0 Å². The van der Waals surface area contributed by atoms with Gasteiger partial charge >= 0.3 is 0 Å². The summed E-state index contributed by atoms with van der Waals surface area (Å²) in [7, 11) is 3.67. The lowest BCUT2D eigenvalue weighted by Gasteiger charge is -2.45. The summed E-state index contributed by atoms with van der Waals surface area (Å²) >= 11 is 0.826. The number of imide groups is 1. The van der Waals surface area contributed by atoms with E-state index in [0.29, 0.717) is 29.7 Å². The van der Waals surface area contributed by atoms with E-state index in [0.717, 1.165) is 34.3 Å². The summed E-state index contributed by atoms with van der Waals surface area (Å²) in [6.07, 6.45) is 2.67. The Labute approximate surface area is 222 Å². The van der Waals surface area contributed by atoms with Crippen LogP contribution in [0.15, 0.2) is 41.3 Å². The Bertz CT molecular complexity index is 1260. The standard InChI is InChI=1S/C28H33N3O5S/c1-7-36-20-10-8-19(9-11-20)29-25(32)16-31-26(33)24(37-27(31)34)13-18-12-21-17(2)15-28(3,4)30(5)22(21)14-23(18)35-6/h8-14,17H,7,15-16H2,1-6H3,(H,29,32)/b24-13+. The molecule has 0 saturated carbocycles. The van der Waals surface area contributed by atoms with Gasteiger partial charge in [0, 0.05) is 35.6 Å². The molecule has 1 unspecified atom stereocenters. The fourth-order valence-electron chi connectivity index (χ4n) is 4.82. The van der Waals surface area contributed by atoms with Crippen LogP contribution in [0.1, 0.15) is 51.2 Å². The molecule has 2 heterocycles. The molecule has 1 N–H and O–H groups in total. The van der Waals surface area contributed by atoms with E-state index in [2.05, 4.69) is 38.0 Å². The van der Waals surface area contributed by atoms with Gasteiger partial charge in [-0.05, 0) is 86.8 Å². The SMILES string of the molecule is CCOc1ccc(NC(=O)CN2C(=O)S/C(=C/c3cc4c(cc3OC)N(C)C(C)(C)CC4C)C2=O)cc1. The van der Waals surface area contributed by atoms with E-state index >= 15 is 0 Å². The fourth-order valence-corrected chi connectivity index (χ4v) is 5.65. The molecule has 0 radical (unpaired) electrons. The van der Waals surface area contributed by atoms with Gasteiger partial charge in [-0.25, -0.2) is 0 Å². The second kappa shape index (κ2) is 10.5. The van der Waals surface area contributed by atoms with Crippen LogP contribution in [0.5, 0.6) is 11.5 Å². The number of hydrogen-bond donors (Lipinski definition) is 1. The molecular formula is C28H33N3O5S. The van der Waals surface area contributed by atoms with Crippen molar-refractivity contribution in [3.05, 3.63) is 52.4 Å². The second-order valence-corrected chi connectivity index (χ2v) is 10.9. The van der Waals surface area contributed by atoms with Crippen LogP contribution in [0.4, 0.5) is 16.2 Å². The zero-order valence-electron chi connectivity index (χ0n) is 22.1. The maximum atomic E-state index is 13.1. The van der Waals surface area contributed by atoms with Gasteiger partial charge in [-0.15, -0.1) is 0 Å². The molecule has 2 aromatic rings. The van der Waals surface area contributed by atoms with E-state index in [9.17, 15) is 14.4 Å². The predicted octanol–water partition coefficient (Wildman–Crippen LogP) is 5.49. The Morgan fingerprint density at radius 1 is 1.22 bits per heavy atom. The smallest absolute Gasteiger partial charge is 0.294 e. The van der Waals surface area contributed by atoms with E-state index in [1.807, 2.05) is 19.1 Å². The Kier molecular flexibility index (Phi) is 7.54. The van der Waals surface area contributed by atoms with Crippen molar-refractivity contribution in [3.8, 4) is 11.5 Å². The van der Waals surface area contributed by atoms with Gasteiger partial charge in [-0.1, -0.05) is 6.92 Å². The van der Waals surface area contributed by atoms with Crippen LogP contribution in [0.25, 0.3) is 6.08 Å². The van der Waals surface area contributed by atoms with Crippen LogP contribution < -0.4 is 19.7 Å². The first-order valence-corrected chi connectivity index (χ1v) is 13.1. The quantitative estimate of drug-likeness (QED) is 0.480. The van der Waals surface area contributed by atoms with Crippen molar-refractivity contribution in [2.75, 3.05) is 37.5 Å². The highest BCUT2D eigenvalue weighted by Gasteiger charge is 2.38. The number of carbonyl (C=O) groups excluding carboxylic acids is 3. The van der Waals surface area contributed by atoms with Gasteiger partial charge in [0.2, 0.25) is 5.91 Å². The van der Waals surface area contributed by atoms with Gasteiger partial charge in [-0.2, -0.15) is 0 Å². The summed E-state index contributed by atoms with van der Waals surface area (Å²) in [5.74, 6) is 0.677. The monoisotopic (exact) mass is 523 g/mol. The van der Waals surface area contributed by atoms with Crippen LogP contribution in [0, 0.1) is 0 Å². The highest BCUT2D eigenvalue weighted by Crippen LogP contribution is 2.46. The zero-order valence-corrected chi connectivity index (χ0v) is 22.9. The third-order valence-electron chi connectivity index (χ3n) is 6.90. The first-order chi connectivity index (χ1) is 17.5. The lowest BCUT2D eigenvalue weighted by atomic mass is 9.80. The first kappa shape index (κ1) is 26.6. The van der Waals surface area contributed by atoms with Crippen molar-refractivity contribution in [2.45, 2.75) is 45.6 Å². The summed E-state index contributed by atoms with van der Waals surface area (Å²) in [5, 5.41) is 2.24. The summed E-state index contributed by atoms with van der Waals surface area (Å²) in [5.41, 5.74) is 3.55. The zero-order chi connectivity index (χ0) is 26.9. The minimum absolute atomic E-state index is 0.00744. The predicted molar refractivity (Wildman–Crippen MR) is 147 cm³/mol. The van der Waals surface area contributed by atoms with Gasteiger partial charge in [-0.3, -0.25) is 19.3 Å². The molecule has 2 aromatic carbocycles. The number of thioether (sulfide) groups is 1. The molecule has 4 rings (SSSR count). The Hall–Kier alpha value is -3.46. The lowest BCUT2D eigenvalue weighted by molar-refractivity contribution is -0.127. The topological polar surface area (TPSA) is 88.2 Å². The number of rotatable bonds is 7. The Morgan fingerprint density at radius 3 is 2.57 bits per heavy atom. The third kappa shape index (κ3) is 5.46. The van der Waals surface area contributed by atoms with Crippen molar-refractivity contribution >= 4 is 46.3 Å². The Morgan fingerprint density at radius 2 is 1.92 bits per heavy atom. The Balaban J connectivity index is 1.52. The van der Waals surface area contributed by atoms with E-state index in [1.54, 1.807) is 37.5 Å². The third-order valence-corrected chi connectivity index (χ3v) is 7.80. The summed E-state index contributed by atoms with van der Waals surface area (Å²) in [6, 6.07) is 10.9. The molecule has 0 aliphatic carbocycles. The number of carbonyl (C=O) groups is 3. The van der Waals surface area contributed by atoms with E-state index < -0.39 is 17.1 Å². The van der Waals surface area contributed by atoms with Gasteiger partial charge in [0.05, 0.1) is 18.6 Å². The van der Waals surface area contributed by atoms with Crippen molar-refractivity contribution < 1.29 is 23.9 Å². The molecule has 37 heavy (non-hydrogen) atoms. The number of benzene rings is 2. The van der Waals surface area contributed by atoms with Crippen LogP contribution in [-0.4, -0.2) is 54.8 Å². The van der Waals surface area contributed by atoms with Crippen LogP contribution >= 0.6 is 11.8 Å². The van der Waals surface area contributed by atoms with Crippen molar-refractivity contribution in [2.24, 2.45) is 0 Å². The molecule has 1 fully saturated rings. The molecule has 2 aliphatic heterocycles. The van der Waals surface area contributed by atoms with Crippen LogP contribution in [0.2, 0.25) is 0 Å². The molecule has 1 atom stereocenters. The van der Waals surface area contributed by atoms with Gasteiger partial charge in [0.25, 0.3) is 11.1 Å². The fraction of sp³-hybridized carbons (Fsp3) is 0.393. The number of amides is 3. The number of ether oxygens (including phenoxy) is 2. The molecular weight excluding hydrogens is 490 g/mol. The molecule has 1 saturated heterocycles. The number of fused-ring (bicyclic) bond motifs is 1. The number of methoxy groups -OCH3 is 1. The molecule has 0 bridgehead atoms. The molecule has 8 nitrogen and oxygen atoms in total. The average molecular weight is 524 g/mol. The van der Waals surface area contributed by atoms with Gasteiger partial charge in [0.15, 0.2) is 0 Å². The molecule has 3 amide bonds. The maximum absolute atomic E-state index is 13.1. The number of hydrogen-bond acceptors (Lipinski definition) is 7. The number of nitrogens with zero attached hydrogens (tertiary/aromatic N) is 2. The molecule has 0 spiro atoms. The van der Waals surface area contributed by atoms with Gasteiger partial charge in [0.1, 0.15) is 18.0 Å². The van der Waals surface area contributed by atoms with E-state index in [4.69, 9.17) is 9.47 Å². The molecule has 2 aliphatic rings. The minimum atomic E-state index is -0.497. The van der Waals surface area contributed by atoms with Crippen molar-refractivity contribution in [1.82, 2.24) is 4.90 Å². The second-order valence-electron chi connectivity index (χ2n) is 9.90. The number of anilines is 2. The summed E-state index contributed by atoms with van der Waals surface area (Å²) in [4.78, 5) is 41.8. The van der Waals surface area contributed by atoms with Crippen LogP contribution in [0.3, 0.4) is 0 Å². The molecule has 0 aromatic heterocycles. The largest absolute Gasteiger partial charge is 0.496 e. The normalized spacial score (nSPS) is 19.7. The molecule has 196 valence electrons. The summed E-state index contributed by atoms with van der Waals surface area (Å²) < 4.78 is 11.1. The van der Waals surface area contributed by atoms with E-state index in [1.165, 1.54) is 5.56 Å². The van der Waals surface area contributed by atoms with Crippen LogP contribution in [-0.2, 0) is 9.59 Å². The minimum Gasteiger partial charge on any atom is -0.496 e. The van der Waals surface area contributed by atoms with Gasteiger partial charge < -0.3 is 19.7 Å². The lowest BCUT2D eigenvalue weighted by Crippen LogP contribution is -2.45. The maximum Gasteiger partial charge on any atom is 0.294 e. The summed E-state index contributed by atoms with van der Waals surface area (Å²) in [6.45, 7) is 8.70. The van der Waals surface area contributed by atoms with E-state index in [-0.39, 0.29) is 17.0 Å². The average Bonchev–Trinajstić information content (AvgIpc) is 3.11. The highest BCUT2D eigenvalue weighted by molar-refractivity contribution is 8.18. The number of nitrogens with one attached hydrogen (secondary N) is 1. The first-order valence-electron chi connectivity index (χ1n) is 12.3. The van der Waals surface area contributed by atoms with Crippen molar-refractivity contribution in [1.29, 1.82) is 0 Å². The highest BCUT2D eigenvalue weighted by atomic mass is 32.2. The molecule has 9 heteroatoms.